The molecule has 2 aromatic carbocycles. The molecule has 3 nitrogen and oxygen atoms in total. The van der Waals surface area contributed by atoms with Gasteiger partial charge in [0.1, 0.15) is 5.82 Å². The summed E-state index contributed by atoms with van der Waals surface area (Å²) in [6, 6.07) is 10.6. The molecule has 1 heterocycles. The van der Waals surface area contributed by atoms with E-state index in [1.165, 1.54) is 6.07 Å². The van der Waals surface area contributed by atoms with Gasteiger partial charge in [-0.05, 0) is 34.7 Å². The van der Waals surface area contributed by atoms with Crippen LogP contribution in [0.25, 0.3) is 10.8 Å². The Kier molecular flexibility index (Phi) is 3.92. The monoisotopic (exact) mass is 297 g/mol. The molecule has 4 heteroatoms. The van der Waals surface area contributed by atoms with Gasteiger partial charge in [-0.2, -0.15) is 0 Å². The molecule has 0 N–H and O–H groups in total. The number of aromatic nitrogens is 1. The van der Waals surface area contributed by atoms with E-state index >= 15 is 0 Å². The van der Waals surface area contributed by atoms with Gasteiger partial charge in [0, 0.05) is 24.2 Å². The molecule has 0 spiro atoms. The summed E-state index contributed by atoms with van der Waals surface area (Å²) in [5.41, 5.74) is 1.59. The van der Waals surface area contributed by atoms with Crippen LogP contribution in [-0.2, 0) is 6.42 Å². The molecule has 0 aliphatic rings. The lowest BCUT2D eigenvalue weighted by molar-refractivity contribution is 0.356. The van der Waals surface area contributed by atoms with Gasteiger partial charge in [0.2, 0.25) is 0 Å². The number of fused-ring (bicyclic) bond motifs is 1. The first kappa shape index (κ1) is 14.3. The topological polar surface area (TPSA) is 31.4 Å². The summed E-state index contributed by atoms with van der Waals surface area (Å²) >= 11 is 0. The highest BCUT2D eigenvalue weighted by Crippen LogP contribution is 2.33. The fourth-order valence-electron chi connectivity index (χ4n) is 2.54. The molecule has 0 atom stereocenters. The zero-order valence-electron chi connectivity index (χ0n) is 12.5. The molecule has 22 heavy (non-hydrogen) atoms. The summed E-state index contributed by atoms with van der Waals surface area (Å²) in [5.74, 6) is 1.09. The molecule has 0 saturated carbocycles. The Morgan fingerprint density at radius 1 is 0.955 bits per heavy atom. The van der Waals surface area contributed by atoms with Crippen molar-refractivity contribution in [2.24, 2.45) is 0 Å². The van der Waals surface area contributed by atoms with Crippen molar-refractivity contribution in [3.8, 4) is 11.5 Å². The van der Waals surface area contributed by atoms with Crippen LogP contribution in [0, 0.1) is 5.82 Å². The Bertz CT molecular complexity index is 817. The van der Waals surface area contributed by atoms with E-state index in [1.54, 1.807) is 38.7 Å². The van der Waals surface area contributed by atoms with Gasteiger partial charge in [-0.25, -0.2) is 4.39 Å². The fourth-order valence-corrected chi connectivity index (χ4v) is 2.54. The molecule has 112 valence electrons. The summed E-state index contributed by atoms with van der Waals surface area (Å²) in [5, 5.41) is 1.92. The third kappa shape index (κ3) is 2.60. The molecule has 0 aliphatic carbocycles. The van der Waals surface area contributed by atoms with Crippen LogP contribution >= 0.6 is 0 Å². The maximum absolute atomic E-state index is 13.9. The molecule has 3 rings (SSSR count). The van der Waals surface area contributed by atoms with Crippen molar-refractivity contribution in [3.63, 3.8) is 0 Å². The minimum absolute atomic E-state index is 0.208. The first-order chi connectivity index (χ1) is 10.7. The van der Waals surface area contributed by atoms with Crippen molar-refractivity contribution < 1.29 is 13.9 Å². The standard InChI is InChI=1S/C18H16FNO2/c1-21-17-8-14-11-20-10-13(15(14)9-18(17)22-2)7-12-5-3-4-6-16(12)19/h3-6,8-11H,7H2,1-2H3. The average Bonchev–Trinajstić information content (AvgIpc) is 2.56. The number of methoxy groups -OCH3 is 2. The first-order valence-electron chi connectivity index (χ1n) is 6.95. The maximum Gasteiger partial charge on any atom is 0.161 e. The molecule has 0 bridgehead atoms. The number of nitrogens with zero attached hydrogens (tertiary/aromatic N) is 1. The molecule has 0 aliphatic heterocycles. The molecule has 0 saturated heterocycles. The number of pyridine rings is 1. The van der Waals surface area contributed by atoms with Gasteiger partial charge in [0.25, 0.3) is 0 Å². The van der Waals surface area contributed by atoms with Crippen LogP contribution < -0.4 is 9.47 Å². The van der Waals surface area contributed by atoms with Crippen molar-refractivity contribution in [2.45, 2.75) is 6.42 Å². The number of hydrogen-bond donors (Lipinski definition) is 0. The number of halogens is 1. The van der Waals surface area contributed by atoms with E-state index < -0.39 is 0 Å². The number of rotatable bonds is 4. The van der Waals surface area contributed by atoms with Gasteiger partial charge in [0.15, 0.2) is 11.5 Å². The summed E-state index contributed by atoms with van der Waals surface area (Å²) in [7, 11) is 3.20. The Hall–Kier alpha value is -2.62. The lowest BCUT2D eigenvalue weighted by Gasteiger charge is -2.12. The lowest BCUT2D eigenvalue weighted by Crippen LogP contribution is -1.96. The molecule has 0 fully saturated rings. The van der Waals surface area contributed by atoms with Crippen LogP contribution in [-0.4, -0.2) is 19.2 Å². The van der Waals surface area contributed by atoms with Crippen molar-refractivity contribution in [3.05, 3.63) is 65.7 Å². The van der Waals surface area contributed by atoms with Gasteiger partial charge in [0.05, 0.1) is 14.2 Å². The van der Waals surface area contributed by atoms with Gasteiger partial charge in [-0.15, -0.1) is 0 Å². The normalized spacial score (nSPS) is 10.7. The molecule has 0 amide bonds. The second-order valence-corrected chi connectivity index (χ2v) is 5.00. The van der Waals surface area contributed by atoms with Crippen molar-refractivity contribution in [1.29, 1.82) is 0 Å². The van der Waals surface area contributed by atoms with Gasteiger partial charge in [-0.3, -0.25) is 4.98 Å². The largest absolute Gasteiger partial charge is 0.493 e. The first-order valence-corrected chi connectivity index (χ1v) is 6.95. The van der Waals surface area contributed by atoms with Gasteiger partial charge >= 0.3 is 0 Å². The number of hydrogen-bond acceptors (Lipinski definition) is 3. The van der Waals surface area contributed by atoms with E-state index in [1.807, 2.05) is 18.2 Å². The predicted molar refractivity (Wildman–Crippen MR) is 84.1 cm³/mol. The van der Waals surface area contributed by atoms with E-state index in [9.17, 15) is 4.39 Å². The van der Waals surface area contributed by atoms with Crippen molar-refractivity contribution in [2.75, 3.05) is 14.2 Å². The molecular weight excluding hydrogens is 281 g/mol. The summed E-state index contributed by atoms with van der Waals surface area (Å²) in [6.07, 6.45) is 4.01. The smallest absolute Gasteiger partial charge is 0.161 e. The highest BCUT2D eigenvalue weighted by Gasteiger charge is 2.11. The van der Waals surface area contributed by atoms with Crippen LogP contribution in [0.1, 0.15) is 11.1 Å². The van der Waals surface area contributed by atoms with Crippen LogP contribution in [0.4, 0.5) is 4.39 Å². The van der Waals surface area contributed by atoms with E-state index in [-0.39, 0.29) is 5.82 Å². The highest BCUT2D eigenvalue weighted by molar-refractivity contribution is 5.88. The van der Waals surface area contributed by atoms with Crippen molar-refractivity contribution >= 4 is 10.8 Å². The molecule has 0 radical (unpaired) electrons. The minimum Gasteiger partial charge on any atom is -0.493 e. The molecule has 1 aromatic heterocycles. The Labute approximate surface area is 128 Å². The van der Waals surface area contributed by atoms with Gasteiger partial charge < -0.3 is 9.47 Å². The van der Waals surface area contributed by atoms with E-state index in [2.05, 4.69) is 4.98 Å². The third-order valence-corrected chi connectivity index (χ3v) is 3.68. The minimum atomic E-state index is -0.208. The second-order valence-electron chi connectivity index (χ2n) is 5.00. The zero-order valence-corrected chi connectivity index (χ0v) is 12.5. The predicted octanol–water partition coefficient (Wildman–Crippen LogP) is 3.98. The lowest BCUT2D eigenvalue weighted by atomic mass is 10.00. The van der Waals surface area contributed by atoms with Gasteiger partial charge in [-0.1, -0.05) is 18.2 Å². The summed E-state index contributed by atoms with van der Waals surface area (Å²) in [4.78, 5) is 4.25. The van der Waals surface area contributed by atoms with E-state index in [0.717, 1.165) is 16.3 Å². The Morgan fingerprint density at radius 2 is 1.68 bits per heavy atom. The summed E-state index contributed by atoms with van der Waals surface area (Å²) < 4.78 is 24.5. The molecule has 0 unspecified atom stereocenters. The van der Waals surface area contributed by atoms with E-state index in [4.69, 9.17) is 9.47 Å². The molecule has 3 aromatic rings. The number of benzene rings is 2. The fraction of sp³-hybridized carbons (Fsp3) is 0.167. The maximum atomic E-state index is 13.9. The van der Waals surface area contributed by atoms with Crippen molar-refractivity contribution in [1.82, 2.24) is 4.98 Å². The van der Waals surface area contributed by atoms with Crippen LogP contribution in [0.3, 0.4) is 0 Å². The third-order valence-electron chi connectivity index (χ3n) is 3.68. The average molecular weight is 297 g/mol. The molecular formula is C18H16FNO2. The quantitative estimate of drug-likeness (QED) is 0.730. The zero-order chi connectivity index (χ0) is 15.5. The highest BCUT2D eigenvalue weighted by atomic mass is 19.1. The Morgan fingerprint density at radius 3 is 2.41 bits per heavy atom. The van der Waals surface area contributed by atoms with Crippen LogP contribution in [0.2, 0.25) is 0 Å². The Balaban J connectivity index is 2.12. The second kappa shape index (κ2) is 6.02. The van der Waals surface area contributed by atoms with E-state index in [0.29, 0.717) is 23.5 Å². The van der Waals surface area contributed by atoms with Crippen LogP contribution in [0.15, 0.2) is 48.8 Å². The summed E-state index contributed by atoms with van der Waals surface area (Å²) in [6.45, 7) is 0. The number of ether oxygens (including phenoxy) is 2. The van der Waals surface area contributed by atoms with Crippen LogP contribution in [0.5, 0.6) is 11.5 Å². The SMILES string of the molecule is COc1cc2cncc(Cc3ccccc3F)c2cc1OC.